The summed E-state index contributed by atoms with van der Waals surface area (Å²) in [6, 6.07) is 0. The Bertz CT molecular complexity index is 206. The van der Waals surface area contributed by atoms with E-state index in [4.69, 9.17) is 0 Å². The van der Waals surface area contributed by atoms with E-state index in [0.29, 0.717) is 0 Å². The number of unbranched alkanes of at least 4 members (excludes halogenated alkanes) is 17. The van der Waals surface area contributed by atoms with E-state index >= 15 is 0 Å². The van der Waals surface area contributed by atoms with Gasteiger partial charge in [0.1, 0.15) is 0 Å². The molecule has 1 nitrogen and oxygen atoms in total. The molecule has 0 spiro atoms. The largest absolute Gasteiger partial charge is 0.309 e. The second kappa shape index (κ2) is 23.4. The fraction of sp³-hybridized carbons (Fsp3) is 1.00. The van der Waals surface area contributed by atoms with Gasteiger partial charge in [0.25, 0.3) is 0 Å². The highest BCUT2D eigenvalue weighted by Gasteiger charge is 1.95. The Morgan fingerprint density at radius 1 is 0.417 bits per heavy atom. The van der Waals surface area contributed by atoms with Gasteiger partial charge in [-0.05, 0) is 27.1 Å². The van der Waals surface area contributed by atoms with Crippen LogP contribution in [-0.4, -0.2) is 25.5 Å². The lowest BCUT2D eigenvalue weighted by atomic mass is 10.0. The number of halogens is 1. The smallest absolute Gasteiger partial charge is 0.00248 e. The third-order valence-electron chi connectivity index (χ3n) is 4.96. The molecular formula is C22H48BrN. The second-order valence-electron chi connectivity index (χ2n) is 7.81. The summed E-state index contributed by atoms with van der Waals surface area (Å²) in [5.74, 6) is 0. The average Bonchev–Trinajstić information content (AvgIpc) is 2.53. The Kier molecular flexibility index (Phi) is 26.0. The van der Waals surface area contributed by atoms with Gasteiger partial charge in [0, 0.05) is 0 Å². The molecule has 0 aliphatic rings. The van der Waals surface area contributed by atoms with Gasteiger partial charge in [0.15, 0.2) is 0 Å². The topological polar surface area (TPSA) is 3.24 Å². The van der Waals surface area contributed by atoms with Crippen molar-refractivity contribution in [2.75, 3.05) is 20.6 Å². The second-order valence-corrected chi connectivity index (χ2v) is 7.81. The summed E-state index contributed by atoms with van der Waals surface area (Å²) in [6.07, 6.45) is 26.3. The molecule has 0 saturated heterocycles. The number of nitrogens with zero attached hydrogens (tertiary/aromatic N) is 1. The van der Waals surface area contributed by atoms with Gasteiger partial charge in [0.2, 0.25) is 0 Å². The Balaban J connectivity index is 0. The Morgan fingerprint density at radius 2 is 0.667 bits per heavy atom. The van der Waals surface area contributed by atoms with Crippen LogP contribution in [0.5, 0.6) is 0 Å². The predicted molar refractivity (Wildman–Crippen MR) is 118 cm³/mol. The van der Waals surface area contributed by atoms with Gasteiger partial charge in [-0.2, -0.15) is 0 Å². The molecule has 0 saturated carbocycles. The molecular weight excluding hydrogens is 358 g/mol. The van der Waals surface area contributed by atoms with Crippen molar-refractivity contribution in [2.45, 2.75) is 122 Å². The summed E-state index contributed by atoms with van der Waals surface area (Å²) in [5, 5.41) is 0. The van der Waals surface area contributed by atoms with Crippen LogP contribution in [-0.2, 0) is 0 Å². The molecule has 0 aliphatic carbocycles. The summed E-state index contributed by atoms with van der Waals surface area (Å²) < 4.78 is 0. The molecule has 148 valence electrons. The third-order valence-corrected chi connectivity index (χ3v) is 4.96. The van der Waals surface area contributed by atoms with E-state index < -0.39 is 0 Å². The monoisotopic (exact) mass is 405 g/mol. The van der Waals surface area contributed by atoms with Gasteiger partial charge in [-0.15, -0.1) is 17.0 Å². The van der Waals surface area contributed by atoms with Crippen LogP contribution in [0.25, 0.3) is 0 Å². The molecule has 0 aromatic rings. The summed E-state index contributed by atoms with van der Waals surface area (Å²) >= 11 is 0. The van der Waals surface area contributed by atoms with Crippen LogP contribution in [0, 0.1) is 0 Å². The van der Waals surface area contributed by atoms with E-state index in [1.165, 1.54) is 122 Å². The number of hydrogen-bond donors (Lipinski definition) is 0. The highest BCUT2D eigenvalue weighted by Crippen LogP contribution is 2.14. The van der Waals surface area contributed by atoms with Crippen molar-refractivity contribution < 1.29 is 0 Å². The molecule has 0 fully saturated rings. The van der Waals surface area contributed by atoms with Crippen LogP contribution >= 0.6 is 17.0 Å². The molecule has 0 amide bonds. The Morgan fingerprint density at radius 3 is 0.917 bits per heavy atom. The molecule has 0 aromatic heterocycles. The van der Waals surface area contributed by atoms with Crippen LogP contribution in [0.1, 0.15) is 122 Å². The van der Waals surface area contributed by atoms with Crippen LogP contribution in [0.4, 0.5) is 0 Å². The van der Waals surface area contributed by atoms with Crippen LogP contribution < -0.4 is 0 Å². The van der Waals surface area contributed by atoms with Gasteiger partial charge in [0.05, 0.1) is 0 Å². The molecule has 0 radical (unpaired) electrons. The van der Waals surface area contributed by atoms with E-state index in [-0.39, 0.29) is 17.0 Å². The predicted octanol–water partition coefficient (Wildman–Crippen LogP) is 8.17. The lowest BCUT2D eigenvalue weighted by Crippen LogP contribution is -2.12. The Hall–Kier alpha value is 0.440. The SMILES string of the molecule is Br.CCCCCCCCCCCCCCCCCCCCN(C)C. The maximum atomic E-state index is 2.30. The molecule has 0 heterocycles. The summed E-state index contributed by atoms with van der Waals surface area (Å²) in [5.41, 5.74) is 0. The van der Waals surface area contributed by atoms with Gasteiger partial charge in [-0.1, -0.05) is 116 Å². The van der Waals surface area contributed by atoms with Crippen molar-refractivity contribution in [3.05, 3.63) is 0 Å². The first kappa shape index (κ1) is 26.7. The standard InChI is InChI=1S/C22H47N.BrH/c1-4-5-6-7-8-9-10-11-12-13-14-15-16-17-18-19-20-21-22-23(2)3;/h4-22H2,1-3H3;1H. The van der Waals surface area contributed by atoms with Gasteiger partial charge < -0.3 is 4.90 Å². The van der Waals surface area contributed by atoms with Crippen molar-refractivity contribution in [2.24, 2.45) is 0 Å². The molecule has 0 bridgehead atoms. The van der Waals surface area contributed by atoms with E-state index in [0.717, 1.165) is 0 Å². The highest BCUT2D eigenvalue weighted by molar-refractivity contribution is 8.93. The van der Waals surface area contributed by atoms with Crippen molar-refractivity contribution in [3.63, 3.8) is 0 Å². The molecule has 0 unspecified atom stereocenters. The van der Waals surface area contributed by atoms with Crippen molar-refractivity contribution in [3.8, 4) is 0 Å². The molecule has 0 atom stereocenters. The first-order valence-electron chi connectivity index (χ1n) is 10.9. The summed E-state index contributed by atoms with van der Waals surface area (Å²) in [4.78, 5) is 2.30. The fourth-order valence-corrected chi connectivity index (χ4v) is 3.33. The zero-order chi connectivity index (χ0) is 17.0. The maximum Gasteiger partial charge on any atom is -0.00248 e. The normalized spacial score (nSPS) is 11.0. The zero-order valence-corrected chi connectivity index (χ0v) is 19.0. The van der Waals surface area contributed by atoms with Crippen LogP contribution in [0.2, 0.25) is 0 Å². The number of hydrogen-bond acceptors (Lipinski definition) is 1. The van der Waals surface area contributed by atoms with E-state index in [1.807, 2.05) is 0 Å². The fourth-order valence-electron chi connectivity index (χ4n) is 3.33. The van der Waals surface area contributed by atoms with Gasteiger partial charge in [-0.25, -0.2) is 0 Å². The first-order chi connectivity index (χ1) is 11.3. The average molecular weight is 407 g/mol. The van der Waals surface area contributed by atoms with Crippen LogP contribution in [0.3, 0.4) is 0 Å². The highest BCUT2D eigenvalue weighted by atomic mass is 79.9. The molecule has 0 N–H and O–H groups in total. The van der Waals surface area contributed by atoms with Gasteiger partial charge in [-0.3, -0.25) is 0 Å². The minimum Gasteiger partial charge on any atom is -0.309 e. The third kappa shape index (κ3) is 24.7. The van der Waals surface area contributed by atoms with E-state index in [1.54, 1.807) is 0 Å². The van der Waals surface area contributed by atoms with E-state index in [2.05, 4.69) is 25.9 Å². The minimum atomic E-state index is 0. The van der Waals surface area contributed by atoms with Gasteiger partial charge >= 0.3 is 0 Å². The lowest BCUT2D eigenvalue weighted by Gasteiger charge is -2.08. The van der Waals surface area contributed by atoms with E-state index in [9.17, 15) is 0 Å². The Labute approximate surface area is 165 Å². The van der Waals surface area contributed by atoms with Crippen molar-refractivity contribution in [1.82, 2.24) is 4.90 Å². The zero-order valence-electron chi connectivity index (χ0n) is 17.3. The molecule has 0 aromatic carbocycles. The summed E-state index contributed by atoms with van der Waals surface area (Å²) in [6.45, 7) is 3.56. The summed E-state index contributed by atoms with van der Waals surface area (Å²) in [7, 11) is 4.35. The maximum absolute atomic E-state index is 2.30. The van der Waals surface area contributed by atoms with Crippen molar-refractivity contribution >= 4 is 17.0 Å². The number of rotatable bonds is 19. The minimum absolute atomic E-state index is 0. The lowest BCUT2D eigenvalue weighted by molar-refractivity contribution is 0.389. The quantitative estimate of drug-likeness (QED) is 0.196. The molecule has 24 heavy (non-hydrogen) atoms. The van der Waals surface area contributed by atoms with Crippen LogP contribution in [0.15, 0.2) is 0 Å². The van der Waals surface area contributed by atoms with Crippen molar-refractivity contribution in [1.29, 1.82) is 0 Å². The first-order valence-corrected chi connectivity index (χ1v) is 10.9. The molecule has 0 rings (SSSR count). The molecule has 2 heteroatoms. The molecule has 0 aliphatic heterocycles.